The Hall–Kier alpha value is -1.62. The Morgan fingerprint density at radius 2 is 1.63 bits per heavy atom. The van der Waals surface area contributed by atoms with Crippen LogP contribution in [0.5, 0.6) is 0 Å². The summed E-state index contributed by atoms with van der Waals surface area (Å²) in [5.41, 5.74) is 2.05. The average Bonchev–Trinajstić information content (AvgIpc) is 2.37. The van der Waals surface area contributed by atoms with Gasteiger partial charge in [-0.05, 0) is 29.4 Å². The summed E-state index contributed by atoms with van der Waals surface area (Å²) in [5.74, 6) is 0.381. The van der Waals surface area contributed by atoms with Crippen molar-refractivity contribution in [2.45, 2.75) is 52.4 Å². The highest BCUT2D eigenvalue weighted by Gasteiger charge is 2.20. The maximum absolute atomic E-state index is 12.1. The second-order valence-corrected chi connectivity index (χ2v) is 5.78. The molecule has 19 heavy (non-hydrogen) atoms. The van der Waals surface area contributed by atoms with E-state index < -0.39 is 5.92 Å². The van der Waals surface area contributed by atoms with E-state index in [4.69, 9.17) is 0 Å². The molecular weight excluding hydrogens is 234 g/mol. The second-order valence-electron chi connectivity index (χ2n) is 5.78. The second kappa shape index (κ2) is 7.09. The number of hydrogen-bond donors (Lipinski definition) is 0. The topological polar surface area (TPSA) is 40.9 Å². The number of carbonyl (C=O) groups is 1. The molecule has 0 bridgehead atoms. The van der Waals surface area contributed by atoms with Crippen LogP contribution in [0.3, 0.4) is 0 Å². The van der Waals surface area contributed by atoms with Gasteiger partial charge in [0.1, 0.15) is 5.92 Å². The van der Waals surface area contributed by atoms with Crippen molar-refractivity contribution in [1.29, 1.82) is 5.26 Å². The third-order valence-electron chi connectivity index (χ3n) is 3.36. The number of nitriles is 1. The summed E-state index contributed by atoms with van der Waals surface area (Å²) in [6, 6.07) is 10.00. The normalized spacial score (nSPS) is 12.5. The third-order valence-corrected chi connectivity index (χ3v) is 3.36. The summed E-state index contributed by atoms with van der Waals surface area (Å²) in [6.45, 7) is 8.44. The summed E-state index contributed by atoms with van der Waals surface area (Å²) in [4.78, 5) is 12.1. The summed E-state index contributed by atoms with van der Waals surface area (Å²) in [7, 11) is 0. The molecule has 1 rings (SSSR count). The standard InChI is InChI=1S/C17H23NO/c1-12(2)5-10-17(19)16(11-18)15-8-6-14(7-9-15)13(3)4/h6-9,12-13,16H,5,10H2,1-4H3. The predicted molar refractivity (Wildman–Crippen MR) is 78.0 cm³/mol. The van der Waals surface area contributed by atoms with Crippen molar-refractivity contribution in [3.05, 3.63) is 35.4 Å². The monoisotopic (exact) mass is 257 g/mol. The molecule has 0 heterocycles. The number of benzene rings is 1. The van der Waals surface area contributed by atoms with Gasteiger partial charge in [-0.3, -0.25) is 4.79 Å². The third kappa shape index (κ3) is 4.52. The van der Waals surface area contributed by atoms with Crippen LogP contribution >= 0.6 is 0 Å². The number of ketones is 1. The van der Waals surface area contributed by atoms with E-state index in [0.717, 1.165) is 12.0 Å². The first kappa shape index (κ1) is 15.4. The van der Waals surface area contributed by atoms with Gasteiger partial charge in [-0.2, -0.15) is 5.26 Å². The summed E-state index contributed by atoms with van der Waals surface area (Å²) in [6.07, 6.45) is 1.34. The van der Waals surface area contributed by atoms with Gasteiger partial charge in [0.05, 0.1) is 6.07 Å². The van der Waals surface area contributed by atoms with E-state index in [1.807, 2.05) is 24.3 Å². The number of nitrogens with zero attached hydrogens (tertiary/aromatic N) is 1. The van der Waals surface area contributed by atoms with Crippen molar-refractivity contribution >= 4 is 5.78 Å². The molecule has 0 aliphatic rings. The van der Waals surface area contributed by atoms with Crippen LogP contribution in [0.1, 0.15) is 63.5 Å². The molecule has 0 saturated carbocycles. The van der Waals surface area contributed by atoms with E-state index in [1.54, 1.807) is 0 Å². The van der Waals surface area contributed by atoms with Crippen molar-refractivity contribution in [3.63, 3.8) is 0 Å². The Morgan fingerprint density at radius 1 is 1.11 bits per heavy atom. The largest absolute Gasteiger partial charge is 0.298 e. The number of rotatable bonds is 6. The van der Waals surface area contributed by atoms with Crippen molar-refractivity contribution in [2.75, 3.05) is 0 Å². The van der Waals surface area contributed by atoms with Crippen LogP contribution in [0.4, 0.5) is 0 Å². The maximum Gasteiger partial charge on any atom is 0.154 e. The molecule has 0 fully saturated rings. The van der Waals surface area contributed by atoms with Crippen LogP contribution in [0.25, 0.3) is 0 Å². The van der Waals surface area contributed by atoms with Crippen molar-refractivity contribution < 1.29 is 4.79 Å². The van der Waals surface area contributed by atoms with Gasteiger partial charge in [0, 0.05) is 6.42 Å². The van der Waals surface area contributed by atoms with Crippen LogP contribution in [0.2, 0.25) is 0 Å². The Labute approximate surface area is 116 Å². The molecule has 0 radical (unpaired) electrons. The van der Waals surface area contributed by atoms with E-state index in [0.29, 0.717) is 18.3 Å². The van der Waals surface area contributed by atoms with E-state index in [2.05, 4.69) is 33.8 Å². The summed E-state index contributed by atoms with van der Waals surface area (Å²) >= 11 is 0. The SMILES string of the molecule is CC(C)CCC(=O)C(C#N)c1ccc(C(C)C)cc1. The van der Waals surface area contributed by atoms with Crippen molar-refractivity contribution in [1.82, 2.24) is 0 Å². The van der Waals surface area contributed by atoms with Crippen LogP contribution in [0.15, 0.2) is 24.3 Å². The Bertz CT molecular complexity index is 451. The molecule has 0 spiro atoms. The van der Waals surface area contributed by atoms with Gasteiger partial charge < -0.3 is 0 Å². The molecule has 0 saturated heterocycles. The first-order chi connectivity index (χ1) is 8.95. The minimum atomic E-state index is -0.611. The minimum absolute atomic E-state index is 0.0356. The van der Waals surface area contributed by atoms with Gasteiger partial charge in [0.15, 0.2) is 5.78 Å². The fraction of sp³-hybridized carbons (Fsp3) is 0.529. The molecule has 2 heteroatoms. The van der Waals surface area contributed by atoms with Crippen LogP contribution in [0, 0.1) is 17.2 Å². The first-order valence-electron chi connectivity index (χ1n) is 6.98. The summed E-state index contributed by atoms with van der Waals surface area (Å²) in [5, 5.41) is 9.22. The van der Waals surface area contributed by atoms with Crippen LogP contribution < -0.4 is 0 Å². The Morgan fingerprint density at radius 3 is 2.05 bits per heavy atom. The summed E-state index contributed by atoms with van der Waals surface area (Å²) < 4.78 is 0. The smallest absolute Gasteiger partial charge is 0.154 e. The van der Waals surface area contributed by atoms with E-state index in [1.165, 1.54) is 5.56 Å². The molecule has 102 valence electrons. The zero-order valence-corrected chi connectivity index (χ0v) is 12.3. The van der Waals surface area contributed by atoms with Gasteiger partial charge in [-0.15, -0.1) is 0 Å². The molecule has 0 aliphatic heterocycles. The van der Waals surface area contributed by atoms with Crippen LogP contribution in [-0.4, -0.2) is 5.78 Å². The fourth-order valence-corrected chi connectivity index (χ4v) is 1.98. The molecule has 2 nitrogen and oxygen atoms in total. The van der Waals surface area contributed by atoms with Gasteiger partial charge in [-0.1, -0.05) is 52.0 Å². The molecule has 0 N–H and O–H groups in total. The maximum atomic E-state index is 12.1. The Balaban J connectivity index is 2.80. The average molecular weight is 257 g/mol. The zero-order valence-electron chi connectivity index (χ0n) is 12.3. The fourth-order valence-electron chi connectivity index (χ4n) is 1.98. The highest BCUT2D eigenvalue weighted by Crippen LogP contribution is 2.22. The number of carbonyl (C=O) groups excluding carboxylic acids is 1. The molecule has 0 aliphatic carbocycles. The van der Waals surface area contributed by atoms with Crippen LogP contribution in [-0.2, 0) is 4.79 Å². The van der Waals surface area contributed by atoms with Gasteiger partial charge in [0.25, 0.3) is 0 Å². The lowest BCUT2D eigenvalue weighted by molar-refractivity contribution is -0.119. The molecule has 0 aromatic heterocycles. The van der Waals surface area contributed by atoms with Gasteiger partial charge in [-0.25, -0.2) is 0 Å². The lowest BCUT2D eigenvalue weighted by atomic mass is 9.90. The number of Topliss-reactive ketones (excluding diaryl/α,β-unsaturated/α-hetero) is 1. The highest BCUT2D eigenvalue weighted by atomic mass is 16.1. The molecular formula is C17H23NO. The molecule has 1 aromatic rings. The number of hydrogen-bond acceptors (Lipinski definition) is 2. The van der Waals surface area contributed by atoms with Crippen molar-refractivity contribution in [3.8, 4) is 6.07 Å². The quantitative estimate of drug-likeness (QED) is 0.756. The Kier molecular flexibility index (Phi) is 5.76. The van der Waals surface area contributed by atoms with Gasteiger partial charge in [0.2, 0.25) is 0 Å². The highest BCUT2D eigenvalue weighted by molar-refractivity contribution is 5.88. The zero-order chi connectivity index (χ0) is 14.4. The van der Waals surface area contributed by atoms with E-state index >= 15 is 0 Å². The molecule has 1 unspecified atom stereocenters. The van der Waals surface area contributed by atoms with E-state index in [9.17, 15) is 10.1 Å². The molecule has 1 atom stereocenters. The van der Waals surface area contributed by atoms with Gasteiger partial charge >= 0.3 is 0 Å². The molecule has 1 aromatic carbocycles. The molecule has 0 amide bonds. The lowest BCUT2D eigenvalue weighted by Gasteiger charge is -2.11. The first-order valence-corrected chi connectivity index (χ1v) is 6.98. The minimum Gasteiger partial charge on any atom is -0.298 e. The predicted octanol–water partition coefficient (Wildman–Crippen LogP) is 4.42. The lowest BCUT2D eigenvalue weighted by Crippen LogP contribution is -2.11. The van der Waals surface area contributed by atoms with Crippen molar-refractivity contribution in [2.24, 2.45) is 5.92 Å². The van der Waals surface area contributed by atoms with E-state index in [-0.39, 0.29) is 5.78 Å².